The van der Waals surface area contributed by atoms with Gasteiger partial charge < -0.3 is 4.74 Å². The van der Waals surface area contributed by atoms with E-state index >= 15 is 0 Å². The molecule has 0 unspecified atom stereocenters. The summed E-state index contributed by atoms with van der Waals surface area (Å²) in [5.41, 5.74) is 1.10. The van der Waals surface area contributed by atoms with E-state index in [1.54, 1.807) is 0 Å². The molecule has 2 saturated heterocycles. The minimum absolute atomic E-state index is 0.106. The zero-order valence-corrected chi connectivity index (χ0v) is 15.9. The number of esters is 1. The highest BCUT2D eigenvalue weighted by molar-refractivity contribution is 6.32. The predicted octanol–water partition coefficient (Wildman–Crippen LogP) is 4.34. The Morgan fingerprint density at radius 1 is 1.12 bits per heavy atom. The van der Waals surface area contributed by atoms with Gasteiger partial charge in [0.05, 0.1) is 19.2 Å². The van der Waals surface area contributed by atoms with Crippen molar-refractivity contribution in [1.29, 1.82) is 0 Å². The standard InChI is InChI=1S/C20H20Cl2N2O2/c1-26-19(25)20-11-6-12-24(20)18(14-8-3-5-10-16(14)22)17(23-20)13-7-2-4-9-15(13)21/h2-5,7-10,17-18,23H,6,11-12H2,1H3/t17-,18+,20-/m1/s1. The van der Waals surface area contributed by atoms with Crippen LogP contribution in [-0.2, 0) is 9.53 Å². The highest BCUT2D eigenvalue weighted by atomic mass is 35.5. The number of nitrogens with zero attached hydrogens (tertiary/aromatic N) is 1. The number of halogens is 2. The van der Waals surface area contributed by atoms with Gasteiger partial charge in [-0.05, 0) is 36.1 Å². The van der Waals surface area contributed by atoms with Crippen LogP contribution in [-0.4, -0.2) is 30.2 Å². The summed E-state index contributed by atoms with van der Waals surface area (Å²) in [6, 6.07) is 15.2. The SMILES string of the molecule is COC(=O)[C@@]12CCCN1[C@@H](c1ccccc1Cl)[C@@H](c1ccccc1Cl)N2. The molecule has 2 aromatic rings. The van der Waals surface area contributed by atoms with Crippen molar-refractivity contribution in [2.45, 2.75) is 30.6 Å². The van der Waals surface area contributed by atoms with Crippen molar-refractivity contribution in [2.24, 2.45) is 0 Å². The second-order valence-corrected chi connectivity index (χ2v) is 7.57. The van der Waals surface area contributed by atoms with E-state index in [0.29, 0.717) is 16.5 Å². The maximum Gasteiger partial charge on any atom is 0.341 e. The van der Waals surface area contributed by atoms with E-state index in [1.807, 2.05) is 48.5 Å². The maximum atomic E-state index is 12.7. The second kappa shape index (κ2) is 6.86. The predicted molar refractivity (Wildman–Crippen MR) is 102 cm³/mol. The summed E-state index contributed by atoms with van der Waals surface area (Å²) in [6.45, 7) is 0.791. The Labute approximate surface area is 163 Å². The number of rotatable bonds is 3. The number of benzene rings is 2. The summed E-state index contributed by atoms with van der Waals surface area (Å²) in [6.07, 6.45) is 1.61. The third-order valence-corrected chi connectivity index (χ3v) is 6.15. The molecule has 0 aromatic heterocycles. The monoisotopic (exact) mass is 390 g/mol. The number of carbonyl (C=O) groups is 1. The third kappa shape index (κ3) is 2.64. The van der Waals surface area contributed by atoms with Gasteiger partial charge in [0.25, 0.3) is 0 Å². The van der Waals surface area contributed by atoms with Crippen molar-refractivity contribution in [2.75, 3.05) is 13.7 Å². The van der Waals surface area contributed by atoms with E-state index in [1.165, 1.54) is 7.11 Å². The normalized spacial score (nSPS) is 28.1. The van der Waals surface area contributed by atoms with Gasteiger partial charge in [0.15, 0.2) is 5.66 Å². The van der Waals surface area contributed by atoms with Crippen molar-refractivity contribution in [3.63, 3.8) is 0 Å². The Morgan fingerprint density at radius 2 is 1.73 bits per heavy atom. The van der Waals surface area contributed by atoms with E-state index in [2.05, 4.69) is 10.2 Å². The minimum atomic E-state index is -0.845. The van der Waals surface area contributed by atoms with Crippen molar-refractivity contribution in [3.8, 4) is 0 Å². The first-order valence-electron chi connectivity index (χ1n) is 8.70. The zero-order valence-electron chi connectivity index (χ0n) is 14.4. The number of nitrogens with one attached hydrogen (secondary N) is 1. The highest BCUT2D eigenvalue weighted by Crippen LogP contribution is 2.51. The summed E-state index contributed by atoms with van der Waals surface area (Å²) < 4.78 is 5.16. The van der Waals surface area contributed by atoms with Crippen LogP contribution >= 0.6 is 23.2 Å². The van der Waals surface area contributed by atoms with Crippen LogP contribution in [0.2, 0.25) is 10.0 Å². The smallest absolute Gasteiger partial charge is 0.341 e. The van der Waals surface area contributed by atoms with E-state index in [0.717, 1.165) is 24.1 Å². The molecule has 0 amide bonds. The quantitative estimate of drug-likeness (QED) is 0.791. The summed E-state index contributed by atoms with van der Waals surface area (Å²) in [4.78, 5) is 14.9. The van der Waals surface area contributed by atoms with Gasteiger partial charge in [0.2, 0.25) is 0 Å². The lowest BCUT2D eigenvalue weighted by atomic mass is 9.94. The second-order valence-electron chi connectivity index (χ2n) is 6.76. The number of carbonyl (C=O) groups excluding carboxylic acids is 1. The molecule has 0 radical (unpaired) electrons. The van der Waals surface area contributed by atoms with E-state index < -0.39 is 5.66 Å². The van der Waals surface area contributed by atoms with Crippen molar-refractivity contribution >= 4 is 29.2 Å². The molecule has 0 saturated carbocycles. The summed E-state index contributed by atoms with van der Waals surface area (Å²) in [7, 11) is 1.43. The molecular weight excluding hydrogens is 371 g/mol. The van der Waals surface area contributed by atoms with Gasteiger partial charge in [-0.3, -0.25) is 10.2 Å². The number of hydrogen-bond acceptors (Lipinski definition) is 4. The van der Waals surface area contributed by atoms with Crippen molar-refractivity contribution in [1.82, 2.24) is 10.2 Å². The van der Waals surface area contributed by atoms with Crippen molar-refractivity contribution < 1.29 is 9.53 Å². The van der Waals surface area contributed by atoms with Crippen LogP contribution in [0.5, 0.6) is 0 Å². The largest absolute Gasteiger partial charge is 0.467 e. The van der Waals surface area contributed by atoms with Crippen LogP contribution in [0.1, 0.15) is 36.1 Å². The molecule has 2 aliphatic heterocycles. The molecule has 2 aromatic carbocycles. The first-order chi connectivity index (χ1) is 12.6. The van der Waals surface area contributed by atoms with Gasteiger partial charge in [-0.1, -0.05) is 59.6 Å². The Bertz CT molecular complexity index is 844. The lowest BCUT2D eigenvalue weighted by Crippen LogP contribution is -2.54. The van der Waals surface area contributed by atoms with E-state index in [-0.39, 0.29) is 18.1 Å². The number of ether oxygens (including phenoxy) is 1. The first kappa shape index (κ1) is 17.8. The molecule has 1 N–H and O–H groups in total. The Hall–Kier alpha value is -1.59. The lowest BCUT2D eigenvalue weighted by Gasteiger charge is -2.32. The third-order valence-electron chi connectivity index (χ3n) is 5.46. The molecule has 2 fully saturated rings. The van der Waals surface area contributed by atoms with Gasteiger partial charge in [-0.25, -0.2) is 4.79 Å². The molecule has 4 rings (SSSR count). The summed E-state index contributed by atoms with van der Waals surface area (Å²) >= 11 is 13.0. The molecule has 2 aliphatic rings. The fraction of sp³-hybridized carbons (Fsp3) is 0.350. The lowest BCUT2D eigenvalue weighted by molar-refractivity contribution is -0.154. The Kier molecular flexibility index (Phi) is 4.70. The van der Waals surface area contributed by atoms with Gasteiger partial charge >= 0.3 is 5.97 Å². The van der Waals surface area contributed by atoms with Gasteiger partial charge in [0, 0.05) is 16.6 Å². The molecule has 4 nitrogen and oxygen atoms in total. The van der Waals surface area contributed by atoms with Crippen LogP contribution in [0.4, 0.5) is 0 Å². The van der Waals surface area contributed by atoms with Crippen LogP contribution in [0.25, 0.3) is 0 Å². The fourth-order valence-corrected chi connectivity index (χ4v) is 4.87. The molecule has 0 spiro atoms. The van der Waals surface area contributed by atoms with Crippen LogP contribution in [0.15, 0.2) is 48.5 Å². The molecule has 2 heterocycles. The maximum absolute atomic E-state index is 12.7. The Morgan fingerprint density at radius 3 is 2.35 bits per heavy atom. The molecule has 26 heavy (non-hydrogen) atoms. The van der Waals surface area contributed by atoms with Crippen molar-refractivity contribution in [3.05, 3.63) is 69.7 Å². The molecule has 3 atom stereocenters. The summed E-state index contributed by atoms with van der Waals surface area (Å²) in [5.74, 6) is -0.262. The van der Waals surface area contributed by atoms with E-state index in [9.17, 15) is 4.79 Å². The average molecular weight is 391 g/mol. The highest BCUT2D eigenvalue weighted by Gasteiger charge is 2.60. The Balaban J connectivity index is 1.88. The molecular formula is C20H20Cl2N2O2. The van der Waals surface area contributed by atoms with Gasteiger partial charge in [-0.15, -0.1) is 0 Å². The molecule has 0 bridgehead atoms. The average Bonchev–Trinajstić information content (AvgIpc) is 3.19. The first-order valence-corrected chi connectivity index (χ1v) is 9.46. The van der Waals surface area contributed by atoms with Crippen LogP contribution in [0.3, 0.4) is 0 Å². The number of hydrogen-bond donors (Lipinski definition) is 1. The number of fused-ring (bicyclic) bond motifs is 1. The van der Waals surface area contributed by atoms with Crippen LogP contribution < -0.4 is 5.32 Å². The van der Waals surface area contributed by atoms with Gasteiger partial charge in [0.1, 0.15) is 0 Å². The minimum Gasteiger partial charge on any atom is -0.467 e. The topological polar surface area (TPSA) is 41.6 Å². The summed E-state index contributed by atoms with van der Waals surface area (Å²) in [5, 5.41) is 4.91. The molecule has 136 valence electrons. The molecule has 0 aliphatic carbocycles. The molecule has 6 heteroatoms. The van der Waals surface area contributed by atoms with E-state index in [4.69, 9.17) is 27.9 Å². The fourth-order valence-electron chi connectivity index (χ4n) is 4.37. The van der Waals surface area contributed by atoms with Crippen LogP contribution in [0, 0.1) is 0 Å². The van der Waals surface area contributed by atoms with Gasteiger partial charge in [-0.2, -0.15) is 0 Å². The number of methoxy groups -OCH3 is 1. The zero-order chi connectivity index (χ0) is 18.3.